The van der Waals surface area contributed by atoms with Gasteiger partial charge in [-0.15, -0.1) is 0 Å². The van der Waals surface area contributed by atoms with Crippen molar-refractivity contribution in [2.24, 2.45) is 11.1 Å². The molecule has 4 heteroatoms. The Morgan fingerprint density at radius 3 is 3.00 bits per heavy atom. The number of hydrogen-bond donors (Lipinski definition) is 1. The lowest BCUT2D eigenvalue weighted by atomic mass is 9.97. The molecule has 0 bridgehead atoms. The van der Waals surface area contributed by atoms with Crippen LogP contribution in [0.1, 0.15) is 24.7 Å². The summed E-state index contributed by atoms with van der Waals surface area (Å²) in [6.07, 6.45) is 0.851. The van der Waals surface area contributed by atoms with E-state index >= 15 is 0 Å². The van der Waals surface area contributed by atoms with Gasteiger partial charge in [0.05, 0.1) is 11.4 Å². The summed E-state index contributed by atoms with van der Waals surface area (Å²) < 4.78 is 0. The number of oxime groups is 1. The van der Waals surface area contributed by atoms with E-state index in [2.05, 4.69) is 28.0 Å². The zero-order chi connectivity index (χ0) is 12.3. The van der Waals surface area contributed by atoms with Crippen LogP contribution in [0.15, 0.2) is 23.4 Å². The van der Waals surface area contributed by atoms with Crippen LogP contribution in [0, 0.1) is 12.8 Å². The van der Waals surface area contributed by atoms with Crippen LogP contribution in [0.3, 0.4) is 0 Å². The van der Waals surface area contributed by atoms with Crippen molar-refractivity contribution in [3.63, 3.8) is 0 Å². The molecule has 17 heavy (non-hydrogen) atoms. The van der Waals surface area contributed by atoms with Gasteiger partial charge in [0.2, 0.25) is 0 Å². The van der Waals surface area contributed by atoms with Gasteiger partial charge in [0.25, 0.3) is 0 Å². The number of pyridine rings is 1. The smallest absolute Gasteiger partial charge is 0.0624 e. The lowest BCUT2D eigenvalue weighted by Gasteiger charge is -2.31. The third-order valence-corrected chi connectivity index (χ3v) is 3.25. The third kappa shape index (κ3) is 3.03. The highest BCUT2D eigenvalue weighted by Gasteiger charge is 2.22. The van der Waals surface area contributed by atoms with E-state index in [9.17, 15) is 0 Å². The average molecular weight is 233 g/mol. The molecule has 1 atom stereocenters. The molecular weight excluding hydrogens is 214 g/mol. The van der Waals surface area contributed by atoms with E-state index in [4.69, 9.17) is 5.21 Å². The van der Waals surface area contributed by atoms with Gasteiger partial charge in [-0.2, -0.15) is 0 Å². The number of nitrogens with zero attached hydrogens (tertiary/aromatic N) is 3. The standard InChI is InChI=1S/C13H19N3O/c1-10-8-16(7-6-13(10)15-17)9-12-5-3-4-11(2)14-12/h3-5,10,17H,6-9H2,1-2H3/b15-13+. The third-order valence-electron chi connectivity index (χ3n) is 3.25. The molecular formula is C13H19N3O. The highest BCUT2D eigenvalue weighted by Crippen LogP contribution is 2.15. The summed E-state index contributed by atoms with van der Waals surface area (Å²) in [5.74, 6) is 0.332. The fourth-order valence-electron chi connectivity index (χ4n) is 2.31. The van der Waals surface area contributed by atoms with Gasteiger partial charge in [-0.1, -0.05) is 18.1 Å². The van der Waals surface area contributed by atoms with Crippen molar-refractivity contribution in [2.75, 3.05) is 13.1 Å². The molecule has 1 saturated heterocycles. The van der Waals surface area contributed by atoms with Crippen LogP contribution in [0.5, 0.6) is 0 Å². The Balaban J connectivity index is 1.97. The van der Waals surface area contributed by atoms with Gasteiger partial charge in [-0.25, -0.2) is 0 Å². The summed E-state index contributed by atoms with van der Waals surface area (Å²) in [5.41, 5.74) is 3.09. The van der Waals surface area contributed by atoms with E-state index in [1.165, 1.54) is 0 Å². The minimum absolute atomic E-state index is 0.332. The Hall–Kier alpha value is -1.42. The quantitative estimate of drug-likeness (QED) is 0.628. The Kier molecular flexibility index (Phi) is 3.74. The molecule has 1 aromatic rings. The second kappa shape index (κ2) is 5.27. The van der Waals surface area contributed by atoms with Crippen LogP contribution in [-0.4, -0.2) is 33.9 Å². The van der Waals surface area contributed by atoms with Crippen molar-refractivity contribution in [1.29, 1.82) is 0 Å². The average Bonchev–Trinajstić information content (AvgIpc) is 2.29. The van der Waals surface area contributed by atoms with Gasteiger partial charge in [0, 0.05) is 37.7 Å². The minimum Gasteiger partial charge on any atom is -0.411 e. The van der Waals surface area contributed by atoms with E-state index in [0.29, 0.717) is 5.92 Å². The Morgan fingerprint density at radius 2 is 2.35 bits per heavy atom. The molecule has 1 fully saturated rings. The van der Waals surface area contributed by atoms with Crippen LogP contribution in [0.4, 0.5) is 0 Å². The molecule has 0 spiro atoms. The van der Waals surface area contributed by atoms with E-state index in [-0.39, 0.29) is 0 Å². The maximum Gasteiger partial charge on any atom is 0.0624 e. The van der Waals surface area contributed by atoms with Crippen LogP contribution in [0.25, 0.3) is 0 Å². The van der Waals surface area contributed by atoms with Crippen LogP contribution in [0.2, 0.25) is 0 Å². The molecule has 2 heterocycles. The molecule has 0 aromatic carbocycles. The highest BCUT2D eigenvalue weighted by atomic mass is 16.4. The second-order valence-corrected chi connectivity index (χ2v) is 4.75. The Morgan fingerprint density at radius 1 is 1.53 bits per heavy atom. The molecule has 0 radical (unpaired) electrons. The molecule has 1 N–H and O–H groups in total. The SMILES string of the molecule is Cc1cccc(CN2CC/C(=N\O)C(C)C2)n1. The van der Waals surface area contributed by atoms with Crippen molar-refractivity contribution >= 4 is 5.71 Å². The molecule has 1 aliphatic heterocycles. The Labute approximate surface area is 102 Å². The topological polar surface area (TPSA) is 48.7 Å². The minimum atomic E-state index is 0.332. The molecule has 0 amide bonds. The van der Waals surface area contributed by atoms with Gasteiger partial charge in [-0.3, -0.25) is 9.88 Å². The zero-order valence-electron chi connectivity index (χ0n) is 10.4. The summed E-state index contributed by atoms with van der Waals surface area (Å²) in [6, 6.07) is 6.12. The summed E-state index contributed by atoms with van der Waals surface area (Å²) in [6.45, 7) is 6.88. The lowest BCUT2D eigenvalue weighted by molar-refractivity contribution is 0.226. The molecule has 4 nitrogen and oxygen atoms in total. The largest absolute Gasteiger partial charge is 0.411 e. The Bertz CT molecular complexity index is 417. The van der Waals surface area contributed by atoms with Crippen molar-refractivity contribution < 1.29 is 5.21 Å². The van der Waals surface area contributed by atoms with Crippen LogP contribution >= 0.6 is 0 Å². The predicted molar refractivity (Wildman–Crippen MR) is 67.3 cm³/mol. The molecule has 1 aromatic heterocycles. The molecule has 92 valence electrons. The van der Waals surface area contributed by atoms with E-state index in [1.54, 1.807) is 0 Å². The first-order valence-corrected chi connectivity index (χ1v) is 6.04. The van der Waals surface area contributed by atoms with Gasteiger partial charge >= 0.3 is 0 Å². The zero-order valence-corrected chi connectivity index (χ0v) is 10.4. The first-order chi connectivity index (χ1) is 8.19. The van der Waals surface area contributed by atoms with Gasteiger partial charge in [0.1, 0.15) is 0 Å². The number of hydrogen-bond acceptors (Lipinski definition) is 4. The van der Waals surface area contributed by atoms with Crippen LogP contribution in [-0.2, 0) is 6.54 Å². The summed E-state index contributed by atoms with van der Waals surface area (Å²) in [7, 11) is 0. The number of aryl methyl sites for hydroxylation is 1. The van der Waals surface area contributed by atoms with E-state index < -0.39 is 0 Å². The summed E-state index contributed by atoms with van der Waals surface area (Å²) in [5, 5.41) is 12.2. The lowest BCUT2D eigenvalue weighted by Crippen LogP contribution is -2.39. The normalized spacial score (nSPS) is 24.1. The number of aromatic nitrogens is 1. The van der Waals surface area contributed by atoms with Crippen LogP contribution < -0.4 is 0 Å². The molecule has 1 unspecified atom stereocenters. The number of rotatable bonds is 2. The van der Waals surface area contributed by atoms with Crippen molar-refractivity contribution in [3.8, 4) is 0 Å². The monoisotopic (exact) mass is 233 g/mol. The summed E-state index contributed by atoms with van der Waals surface area (Å²) in [4.78, 5) is 6.87. The molecule has 0 aliphatic carbocycles. The fourth-order valence-corrected chi connectivity index (χ4v) is 2.31. The maximum absolute atomic E-state index is 8.83. The number of piperidine rings is 1. The molecule has 2 rings (SSSR count). The van der Waals surface area contributed by atoms with Gasteiger partial charge < -0.3 is 5.21 Å². The van der Waals surface area contributed by atoms with Crippen molar-refractivity contribution in [1.82, 2.24) is 9.88 Å². The first kappa shape index (κ1) is 12.0. The van der Waals surface area contributed by atoms with Crippen molar-refractivity contribution in [2.45, 2.75) is 26.8 Å². The van der Waals surface area contributed by atoms with E-state index in [0.717, 1.165) is 43.2 Å². The van der Waals surface area contributed by atoms with Gasteiger partial charge in [0.15, 0.2) is 0 Å². The molecule has 1 aliphatic rings. The van der Waals surface area contributed by atoms with Gasteiger partial charge in [-0.05, 0) is 19.1 Å². The first-order valence-electron chi connectivity index (χ1n) is 6.04. The molecule has 0 saturated carbocycles. The second-order valence-electron chi connectivity index (χ2n) is 4.75. The predicted octanol–water partition coefficient (Wildman–Crippen LogP) is 2.06. The van der Waals surface area contributed by atoms with E-state index in [1.807, 2.05) is 19.1 Å². The maximum atomic E-state index is 8.83. The van der Waals surface area contributed by atoms with Crippen molar-refractivity contribution in [3.05, 3.63) is 29.6 Å². The number of likely N-dealkylation sites (tertiary alicyclic amines) is 1. The fraction of sp³-hybridized carbons (Fsp3) is 0.538. The highest BCUT2D eigenvalue weighted by molar-refractivity contribution is 5.86. The summed E-state index contributed by atoms with van der Waals surface area (Å²) >= 11 is 0.